The molecule has 0 spiro atoms. The molecule has 0 heterocycles. The highest BCUT2D eigenvalue weighted by atomic mass is 32.2. The number of carbonyl (C=O) groups excluding carboxylic acids is 4. The Morgan fingerprint density at radius 3 is 2.06 bits per heavy atom. The van der Waals surface area contributed by atoms with E-state index in [0.717, 1.165) is 60.3 Å². The van der Waals surface area contributed by atoms with E-state index in [-0.39, 0.29) is 33.3 Å². The van der Waals surface area contributed by atoms with Crippen LogP contribution in [0.5, 0.6) is 0 Å². The third-order valence-corrected chi connectivity index (χ3v) is 14.0. The number of nitrogens with two attached hydrogens (primary N) is 1. The van der Waals surface area contributed by atoms with Crippen molar-refractivity contribution in [1.29, 1.82) is 0 Å². The number of anilines is 1. The van der Waals surface area contributed by atoms with Crippen LogP contribution in [0, 0.1) is 33.5 Å². The van der Waals surface area contributed by atoms with Crippen LogP contribution < -0.4 is 11.1 Å². The van der Waals surface area contributed by atoms with Gasteiger partial charge in [-0.1, -0.05) is 53.2 Å². The number of carbonyl (C=O) groups is 4. The number of esters is 2. The summed E-state index contributed by atoms with van der Waals surface area (Å²) < 4.78 is 11.6. The van der Waals surface area contributed by atoms with Crippen molar-refractivity contribution in [2.24, 2.45) is 39.2 Å². The summed E-state index contributed by atoms with van der Waals surface area (Å²) in [6.45, 7) is 18.1. The molecule has 9 heteroatoms. The van der Waals surface area contributed by atoms with Gasteiger partial charge in [-0.25, -0.2) is 0 Å². The summed E-state index contributed by atoms with van der Waals surface area (Å²) in [5, 5.41) is 2.72. The van der Waals surface area contributed by atoms with E-state index in [1.807, 2.05) is 36.4 Å². The molecule has 0 aromatic heterocycles. The molecule has 0 bridgehead atoms. The number of rotatable bonds is 8. The molecule has 2 saturated carbocycles. The molecule has 4 aliphatic carbocycles. The first-order valence-corrected chi connectivity index (χ1v) is 18.6. The van der Waals surface area contributed by atoms with Crippen molar-refractivity contribution in [2.75, 3.05) is 5.32 Å². The first-order valence-electron chi connectivity index (χ1n) is 17.7. The molecule has 3 unspecified atom stereocenters. The number of thioether (sulfide) groups is 1. The van der Waals surface area contributed by atoms with Crippen LogP contribution in [-0.2, 0) is 28.7 Å². The molecule has 0 aliphatic heterocycles. The van der Waals surface area contributed by atoms with Crippen molar-refractivity contribution >= 4 is 41.2 Å². The number of fused-ring (bicyclic) bond motifs is 3. The van der Waals surface area contributed by atoms with Gasteiger partial charge in [0.2, 0.25) is 11.8 Å². The Morgan fingerprint density at radius 1 is 0.898 bits per heavy atom. The van der Waals surface area contributed by atoms with E-state index in [4.69, 9.17) is 15.2 Å². The molecule has 0 radical (unpaired) electrons. The van der Waals surface area contributed by atoms with Gasteiger partial charge in [0.15, 0.2) is 12.2 Å². The minimum atomic E-state index is -0.745. The van der Waals surface area contributed by atoms with Crippen LogP contribution in [0.1, 0.15) is 101 Å². The van der Waals surface area contributed by atoms with Crippen LogP contribution in [0.3, 0.4) is 0 Å². The predicted molar refractivity (Wildman–Crippen MR) is 193 cm³/mol. The monoisotopic (exact) mass is 690 g/mol. The van der Waals surface area contributed by atoms with E-state index >= 15 is 0 Å². The fraction of sp³-hybridized carbons (Fsp3) is 0.600. The van der Waals surface area contributed by atoms with E-state index in [1.165, 1.54) is 26.3 Å². The fourth-order valence-electron chi connectivity index (χ4n) is 9.64. The van der Waals surface area contributed by atoms with Gasteiger partial charge in [0.05, 0.1) is 5.25 Å². The van der Waals surface area contributed by atoms with Crippen LogP contribution in [0.25, 0.3) is 0 Å². The Balaban J connectivity index is 1.67. The summed E-state index contributed by atoms with van der Waals surface area (Å²) in [6.07, 6.45) is 10.3. The predicted octanol–water partition coefficient (Wildman–Crippen LogP) is 7.93. The second-order valence-corrected chi connectivity index (χ2v) is 17.1. The van der Waals surface area contributed by atoms with Crippen LogP contribution in [-0.4, -0.2) is 41.2 Å². The number of hydrogen-bond acceptors (Lipinski definition) is 7. The summed E-state index contributed by atoms with van der Waals surface area (Å²) in [4.78, 5) is 50.0. The molecule has 8 nitrogen and oxygen atoms in total. The highest BCUT2D eigenvalue weighted by Crippen LogP contribution is 2.71. The summed E-state index contributed by atoms with van der Waals surface area (Å²) >= 11 is 1.71. The number of benzene rings is 1. The Bertz CT molecular complexity index is 1610. The van der Waals surface area contributed by atoms with Crippen molar-refractivity contribution in [3.05, 3.63) is 59.2 Å². The van der Waals surface area contributed by atoms with Crippen LogP contribution in [0.4, 0.5) is 5.69 Å². The first kappa shape index (κ1) is 36.9. The molecule has 2 fully saturated rings. The second-order valence-electron chi connectivity index (χ2n) is 15.9. The van der Waals surface area contributed by atoms with E-state index < -0.39 is 29.6 Å². The first-order chi connectivity index (χ1) is 22.9. The van der Waals surface area contributed by atoms with Gasteiger partial charge in [0.1, 0.15) is 0 Å². The maximum absolute atomic E-state index is 12.8. The fourth-order valence-corrected chi connectivity index (χ4v) is 10.8. The standard InChI is InChI=1S/C40H54N2O6S/c1-10-39(8)35-21-34(49-28-13-11-27(12-14-28)42-24(3)43)29-19-32(47-25(4)44)33(48-26(5)45)20-30(29)38(35,7)17-18-40(39,9)31-22-37(6,36(41)46)16-15-23(31)2/h11-14,19-21,23,31-34H,10,15-18,22H2,1-9H3,(H2,41,46)(H,42,43)/t23-,31-,32?,33?,34?,37-,38+,39-,40+/m1/s1. The zero-order chi connectivity index (χ0) is 36.1. The van der Waals surface area contributed by atoms with Crippen LogP contribution >= 0.6 is 11.8 Å². The normalized spacial score (nSPS) is 36.9. The smallest absolute Gasteiger partial charge is 0.303 e. The molecular formula is C40H54N2O6S. The molecule has 4 aliphatic rings. The van der Waals surface area contributed by atoms with Gasteiger partial charge < -0.3 is 20.5 Å². The summed E-state index contributed by atoms with van der Waals surface area (Å²) in [7, 11) is 0. The molecule has 49 heavy (non-hydrogen) atoms. The van der Waals surface area contributed by atoms with E-state index in [0.29, 0.717) is 11.8 Å². The maximum Gasteiger partial charge on any atom is 0.303 e. The van der Waals surface area contributed by atoms with Gasteiger partial charge in [-0.3, -0.25) is 19.2 Å². The number of nitrogens with one attached hydrogen (secondary N) is 1. The highest BCUT2D eigenvalue weighted by molar-refractivity contribution is 8.00. The molecule has 0 saturated heterocycles. The van der Waals surface area contributed by atoms with Gasteiger partial charge in [-0.2, -0.15) is 0 Å². The van der Waals surface area contributed by atoms with Crippen molar-refractivity contribution in [2.45, 2.75) is 123 Å². The Kier molecular flexibility index (Phi) is 10.1. The van der Waals surface area contributed by atoms with Gasteiger partial charge >= 0.3 is 11.9 Å². The number of hydrogen-bond donors (Lipinski definition) is 2. The Hall–Kier alpha value is -3.33. The number of primary amides is 1. The zero-order valence-electron chi connectivity index (χ0n) is 30.6. The number of ether oxygens (including phenoxy) is 2. The topological polar surface area (TPSA) is 125 Å². The molecule has 5 rings (SSSR count). The minimum absolute atomic E-state index is 0.106. The van der Waals surface area contributed by atoms with Crippen molar-refractivity contribution in [1.82, 2.24) is 0 Å². The third-order valence-electron chi connectivity index (χ3n) is 12.8. The number of amides is 2. The number of allylic oxidation sites excluding steroid dienone is 2. The van der Waals surface area contributed by atoms with Gasteiger partial charge in [-0.15, -0.1) is 11.8 Å². The van der Waals surface area contributed by atoms with Crippen molar-refractivity contribution in [3.8, 4) is 0 Å². The van der Waals surface area contributed by atoms with Gasteiger partial charge in [0.25, 0.3) is 0 Å². The molecular weight excluding hydrogens is 637 g/mol. The largest absolute Gasteiger partial charge is 0.454 e. The molecule has 266 valence electrons. The molecule has 9 atom stereocenters. The van der Waals surface area contributed by atoms with E-state index in [2.05, 4.69) is 52.9 Å². The summed E-state index contributed by atoms with van der Waals surface area (Å²) in [6, 6.07) is 7.84. The molecule has 1 aromatic carbocycles. The maximum atomic E-state index is 12.8. The van der Waals surface area contributed by atoms with Crippen molar-refractivity contribution < 1.29 is 28.7 Å². The van der Waals surface area contributed by atoms with Crippen LogP contribution in [0.2, 0.25) is 0 Å². The third kappa shape index (κ3) is 6.64. The summed E-state index contributed by atoms with van der Waals surface area (Å²) in [5.74, 6) is -0.446. The Morgan fingerprint density at radius 2 is 1.51 bits per heavy atom. The lowest BCUT2D eigenvalue weighted by Crippen LogP contribution is -2.57. The van der Waals surface area contributed by atoms with Gasteiger partial charge in [-0.05, 0) is 109 Å². The highest BCUT2D eigenvalue weighted by Gasteiger charge is 2.62. The average Bonchev–Trinajstić information content (AvgIpc) is 3.02. The average molecular weight is 691 g/mol. The quantitative estimate of drug-likeness (QED) is 0.210. The SMILES string of the molecule is CC[C@]1(C)C2=CC(Sc3ccc(NC(C)=O)cc3)C3=CC(OC(C)=O)C(OC(C)=O)C=C3[C@]2(C)CC[C@@]1(C)[C@@H]1C[C@](C)(C(N)=O)CC[C@H]1C. The zero-order valence-corrected chi connectivity index (χ0v) is 31.4. The molecule has 2 amide bonds. The van der Waals surface area contributed by atoms with Crippen LogP contribution in [0.15, 0.2) is 64.1 Å². The van der Waals surface area contributed by atoms with Gasteiger partial charge in [0, 0.05) is 42.2 Å². The van der Waals surface area contributed by atoms with E-state index in [1.54, 1.807) is 11.8 Å². The summed E-state index contributed by atoms with van der Waals surface area (Å²) in [5.41, 5.74) is 9.12. The van der Waals surface area contributed by atoms with E-state index in [9.17, 15) is 19.2 Å². The lowest BCUT2D eigenvalue weighted by atomic mass is 9.39. The molecule has 3 N–H and O–H groups in total. The Labute approximate surface area is 296 Å². The molecule has 1 aromatic rings. The second kappa shape index (κ2) is 13.4. The minimum Gasteiger partial charge on any atom is -0.454 e. The van der Waals surface area contributed by atoms with Crippen molar-refractivity contribution in [3.63, 3.8) is 0 Å². The lowest BCUT2D eigenvalue weighted by Gasteiger charge is -2.65. The lowest BCUT2D eigenvalue weighted by molar-refractivity contribution is -0.158.